The molecule has 5 heteroatoms. The van der Waals surface area contributed by atoms with E-state index in [0.717, 1.165) is 30.2 Å². The van der Waals surface area contributed by atoms with Crippen LogP contribution in [0.1, 0.15) is 76.7 Å². The van der Waals surface area contributed by atoms with E-state index in [0.29, 0.717) is 5.39 Å². The molecule has 0 atom stereocenters. The van der Waals surface area contributed by atoms with Gasteiger partial charge in [0.15, 0.2) is 0 Å². The minimum absolute atomic E-state index is 0. The van der Waals surface area contributed by atoms with Crippen LogP contribution in [0.2, 0.25) is 0 Å². The van der Waals surface area contributed by atoms with Crippen molar-refractivity contribution in [1.82, 2.24) is 0 Å². The topological polar surface area (TPSA) is 57.2 Å². The molecule has 144 valence electrons. The summed E-state index contributed by atoms with van der Waals surface area (Å²) >= 11 is 0. The molecule has 0 bridgehead atoms. The van der Waals surface area contributed by atoms with Gasteiger partial charge in [0.25, 0.3) is 0 Å². The standard InChI is InChI=1S/C22H32O3S.K/c1-2-3-4-5-6-7-8-9-10-11-14-19-15-12-16-20-17-13-18-21(22(19)20)26(23,24)25;/h12-13,15-18H,2-11,14H2,1H3,(H,23,24,25);/q;+1/p-1. The summed E-state index contributed by atoms with van der Waals surface area (Å²) in [5.74, 6) is 0. The predicted molar refractivity (Wildman–Crippen MR) is 107 cm³/mol. The zero-order valence-electron chi connectivity index (χ0n) is 16.9. The first-order chi connectivity index (χ1) is 12.5. The van der Waals surface area contributed by atoms with Crippen molar-refractivity contribution in [3.05, 3.63) is 42.0 Å². The van der Waals surface area contributed by atoms with Crippen molar-refractivity contribution >= 4 is 20.9 Å². The summed E-state index contributed by atoms with van der Waals surface area (Å²) < 4.78 is 34.8. The van der Waals surface area contributed by atoms with Crippen molar-refractivity contribution in [1.29, 1.82) is 0 Å². The van der Waals surface area contributed by atoms with Crippen LogP contribution in [0.3, 0.4) is 0 Å². The van der Waals surface area contributed by atoms with E-state index < -0.39 is 10.1 Å². The van der Waals surface area contributed by atoms with E-state index >= 15 is 0 Å². The fraction of sp³-hybridized carbons (Fsp3) is 0.545. The van der Waals surface area contributed by atoms with E-state index in [1.807, 2.05) is 24.3 Å². The van der Waals surface area contributed by atoms with Crippen molar-refractivity contribution in [2.75, 3.05) is 0 Å². The van der Waals surface area contributed by atoms with Crippen molar-refractivity contribution in [2.24, 2.45) is 0 Å². The number of hydrogen-bond acceptors (Lipinski definition) is 3. The Kier molecular flexibility index (Phi) is 12.6. The zero-order chi connectivity index (χ0) is 18.8. The largest absolute Gasteiger partial charge is 1.00 e. The van der Waals surface area contributed by atoms with Gasteiger partial charge in [-0.3, -0.25) is 0 Å². The Morgan fingerprint density at radius 3 is 1.85 bits per heavy atom. The molecule has 0 radical (unpaired) electrons. The zero-order valence-corrected chi connectivity index (χ0v) is 20.8. The Morgan fingerprint density at radius 2 is 1.30 bits per heavy atom. The molecule has 0 amide bonds. The van der Waals surface area contributed by atoms with Crippen LogP contribution < -0.4 is 51.4 Å². The summed E-state index contributed by atoms with van der Waals surface area (Å²) in [6, 6.07) is 10.7. The average Bonchev–Trinajstić information content (AvgIpc) is 2.62. The Labute approximate surface area is 207 Å². The van der Waals surface area contributed by atoms with Gasteiger partial charge in [-0.1, -0.05) is 95.0 Å². The van der Waals surface area contributed by atoms with Gasteiger partial charge in [-0.05, 0) is 29.9 Å². The van der Waals surface area contributed by atoms with Gasteiger partial charge in [0.2, 0.25) is 0 Å². The predicted octanol–water partition coefficient (Wildman–Crippen LogP) is 3.21. The summed E-state index contributed by atoms with van der Waals surface area (Å²) in [6.45, 7) is 2.24. The van der Waals surface area contributed by atoms with Gasteiger partial charge in [0, 0.05) is 5.39 Å². The Hall–Kier alpha value is 0.246. The number of rotatable bonds is 12. The first-order valence-electron chi connectivity index (χ1n) is 10.0. The quantitative estimate of drug-likeness (QED) is 0.304. The van der Waals surface area contributed by atoms with Crippen molar-refractivity contribution in [3.63, 3.8) is 0 Å². The molecule has 0 N–H and O–H groups in total. The molecule has 0 fully saturated rings. The second-order valence-corrected chi connectivity index (χ2v) is 8.51. The van der Waals surface area contributed by atoms with E-state index in [-0.39, 0.29) is 56.3 Å². The van der Waals surface area contributed by atoms with E-state index in [4.69, 9.17) is 0 Å². The average molecular weight is 415 g/mol. The van der Waals surface area contributed by atoms with Gasteiger partial charge >= 0.3 is 51.4 Å². The molecule has 3 nitrogen and oxygen atoms in total. The summed E-state index contributed by atoms with van der Waals surface area (Å²) in [5, 5.41) is 1.44. The fourth-order valence-corrected chi connectivity index (χ4v) is 4.35. The van der Waals surface area contributed by atoms with Crippen LogP contribution in [0.4, 0.5) is 0 Å². The first-order valence-corrected chi connectivity index (χ1v) is 11.4. The molecule has 27 heavy (non-hydrogen) atoms. The number of unbranched alkanes of at least 4 members (excludes halogenated alkanes) is 9. The van der Waals surface area contributed by atoms with Crippen LogP contribution in [0.15, 0.2) is 41.3 Å². The molecule has 0 heterocycles. The van der Waals surface area contributed by atoms with Gasteiger partial charge in [0.1, 0.15) is 10.1 Å². The third-order valence-corrected chi connectivity index (χ3v) is 5.90. The van der Waals surface area contributed by atoms with E-state index in [9.17, 15) is 13.0 Å². The number of hydrogen-bond donors (Lipinski definition) is 0. The summed E-state index contributed by atoms with van der Waals surface area (Å²) in [6.07, 6.45) is 13.5. The molecule has 0 aliphatic rings. The summed E-state index contributed by atoms with van der Waals surface area (Å²) in [5.41, 5.74) is 0.970. The van der Waals surface area contributed by atoms with Crippen LogP contribution >= 0.6 is 0 Å². The van der Waals surface area contributed by atoms with Crippen LogP contribution in [-0.4, -0.2) is 13.0 Å². The number of aryl methyl sites for hydroxylation is 1. The van der Waals surface area contributed by atoms with Crippen molar-refractivity contribution < 1.29 is 64.4 Å². The van der Waals surface area contributed by atoms with E-state index in [1.54, 1.807) is 6.07 Å². The molecule has 0 unspecified atom stereocenters. The molecule has 2 rings (SSSR count). The third-order valence-electron chi connectivity index (χ3n) is 5.02. The maximum Gasteiger partial charge on any atom is 1.00 e. The summed E-state index contributed by atoms with van der Waals surface area (Å²) in [7, 11) is -4.45. The Morgan fingerprint density at radius 1 is 0.778 bits per heavy atom. The second-order valence-electron chi connectivity index (χ2n) is 7.16. The molecule has 0 saturated heterocycles. The number of benzene rings is 2. The van der Waals surface area contributed by atoms with Gasteiger partial charge in [-0.2, -0.15) is 0 Å². The SMILES string of the molecule is CCCCCCCCCCCCc1cccc2cccc(S(=O)(=O)[O-])c12.[K+]. The smallest absolute Gasteiger partial charge is 0.744 e. The van der Waals surface area contributed by atoms with Gasteiger partial charge < -0.3 is 4.55 Å². The molecule has 0 aliphatic heterocycles. The monoisotopic (exact) mass is 414 g/mol. The molecular formula is C22H31KO3S. The van der Waals surface area contributed by atoms with Crippen molar-refractivity contribution in [3.8, 4) is 0 Å². The molecule has 0 saturated carbocycles. The Balaban J connectivity index is 0.00000364. The fourth-order valence-electron chi connectivity index (χ4n) is 3.60. The summed E-state index contributed by atoms with van der Waals surface area (Å²) in [4.78, 5) is -0.0855. The molecule has 0 aliphatic carbocycles. The second kappa shape index (κ2) is 13.5. The first kappa shape index (κ1) is 25.3. The van der Waals surface area contributed by atoms with Crippen LogP contribution in [0.5, 0.6) is 0 Å². The molecule has 0 spiro atoms. The minimum atomic E-state index is -4.45. The normalized spacial score (nSPS) is 11.5. The van der Waals surface area contributed by atoms with Gasteiger partial charge in [-0.15, -0.1) is 0 Å². The van der Waals surface area contributed by atoms with Crippen molar-refractivity contribution in [2.45, 2.75) is 82.4 Å². The van der Waals surface area contributed by atoms with E-state index in [2.05, 4.69) is 6.92 Å². The van der Waals surface area contributed by atoms with Crippen LogP contribution in [0.25, 0.3) is 10.8 Å². The van der Waals surface area contributed by atoms with Gasteiger partial charge in [0.05, 0.1) is 4.90 Å². The van der Waals surface area contributed by atoms with E-state index in [1.165, 1.54) is 57.4 Å². The van der Waals surface area contributed by atoms with Crippen LogP contribution in [0, 0.1) is 0 Å². The van der Waals surface area contributed by atoms with Crippen LogP contribution in [-0.2, 0) is 16.5 Å². The number of fused-ring (bicyclic) bond motifs is 1. The maximum absolute atomic E-state index is 11.6. The molecule has 2 aromatic carbocycles. The molecule has 0 aromatic heterocycles. The minimum Gasteiger partial charge on any atom is -0.744 e. The Bertz CT molecular complexity index is 782. The maximum atomic E-state index is 11.6. The molecular weight excluding hydrogens is 383 g/mol. The molecule has 2 aromatic rings. The third kappa shape index (κ3) is 8.65. The van der Waals surface area contributed by atoms with Gasteiger partial charge in [-0.25, -0.2) is 8.42 Å².